The fourth-order valence-electron chi connectivity index (χ4n) is 3.61. The summed E-state index contributed by atoms with van der Waals surface area (Å²) in [7, 11) is 2.00. The maximum absolute atomic E-state index is 12.4. The summed E-state index contributed by atoms with van der Waals surface area (Å²) in [6, 6.07) is 12.0. The molecule has 0 fully saturated rings. The van der Waals surface area contributed by atoms with E-state index in [0.717, 1.165) is 27.9 Å². The number of nitrogens with zero attached hydrogens (tertiary/aromatic N) is 5. The van der Waals surface area contributed by atoms with Crippen molar-refractivity contribution in [3.63, 3.8) is 0 Å². The first-order valence-corrected chi connectivity index (χ1v) is 9.90. The molecule has 30 heavy (non-hydrogen) atoms. The molecule has 0 aliphatic carbocycles. The average Bonchev–Trinajstić information content (AvgIpc) is 3.24. The number of aromatic nitrogens is 5. The topological polar surface area (TPSA) is 89.7 Å². The number of hydrogen-bond acceptors (Lipinski definition) is 5. The SMILES string of the molecule is Cc1cc(C)n(-c2cc(NCCNC(=O)Cc3cn(C)c4ccccc34)ncn2)n1. The van der Waals surface area contributed by atoms with Crippen LogP contribution in [0.2, 0.25) is 0 Å². The van der Waals surface area contributed by atoms with Gasteiger partial charge in [-0.05, 0) is 31.5 Å². The maximum atomic E-state index is 12.4. The Morgan fingerprint density at radius 1 is 1.10 bits per heavy atom. The molecular formula is C22H25N7O. The highest BCUT2D eigenvalue weighted by Crippen LogP contribution is 2.20. The molecule has 154 valence electrons. The van der Waals surface area contributed by atoms with Crippen molar-refractivity contribution in [2.24, 2.45) is 7.05 Å². The molecule has 2 N–H and O–H groups in total. The number of anilines is 1. The van der Waals surface area contributed by atoms with Crippen molar-refractivity contribution >= 4 is 22.6 Å². The number of benzene rings is 1. The van der Waals surface area contributed by atoms with E-state index in [1.54, 1.807) is 4.68 Å². The molecule has 4 aromatic rings. The molecule has 0 atom stereocenters. The molecule has 8 heteroatoms. The normalized spacial score (nSPS) is 11.0. The summed E-state index contributed by atoms with van der Waals surface area (Å²) < 4.78 is 3.84. The molecule has 0 saturated carbocycles. The lowest BCUT2D eigenvalue weighted by Crippen LogP contribution is -2.30. The summed E-state index contributed by atoms with van der Waals surface area (Å²) in [6.07, 6.45) is 3.88. The number of aryl methyl sites for hydroxylation is 3. The Balaban J connectivity index is 1.30. The zero-order valence-corrected chi connectivity index (χ0v) is 17.4. The lowest BCUT2D eigenvalue weighted by Gasteiger charge is -2.09. The fourth-order valence-corrected chi connectivity index (χ4v) is 3.61. The Morgan fingerprint density at radius 2 is 1.93 bits per heavy atom. The summed E-state index contributed by atoms with van der Waals surface area (Å²) in [5.41, 5.74) is 4.11. The van der Waals surface area contributed by atoms with Gasteiger partial charge in [-0.15, -0.1) is 0 Å². The van der Waals surface area contributed by atoms with Gasteiger partial charge >= 0.3 is 0 Å². The van der Waals surface area contributed by atoms with Crippen LogP contribution in [0.5, 0.6) is 0 Å². The lowest BCUT2D eigenvalue weighted by molar-refractivity contribution is -0.120. The van der Waals surface area contributed by atoms with E-state index < -0.39 is 0 Å². The molecule has 0 aliphatic heterocycles. The van der Waals surface area contributed by atoms with Gasteiger partial charge in [0.2, 0.25) is 5.91 Å². The zero-order chi connectivity index (χ0) is 21.1. The first-order valence-electron chi connectivity index (χ1n) is 9.90. The van der Waals surface area contributed by atoms with E-state index in [9.17, 15) is 4.79 Å². The molecule has 3 aromatic heterocycles. The van der Waals surface area contributed by atoms with Gasteiger partial charge in [0.05, 0.1) is 12.1 Å². The van der Waals surface area contributed by atoms with Crippen LogP contribution in [0.1, 0.15) is 17.0 Å². The molecule has 8 nitrogen and oxygen atoms in total. The molecular weight excluding hydrogens is 378 g/mol. The molecule has 0 unspecified atom stereocenters. The molecule has 0 aliphatic rings. The molecule has 4 rings (SSSR count). The minimum atomic E-state index is -0.000768. The van der Waals surface area contributed by atoms with Gasteiger partial charge in [0.15, 0.2) is 5.82 Å². The second kappa shape index (κ2) is 8.36. The van der Waals surface area contributed by atoms with Gasteiger partial charge in [-0.2, -0.15) is 5.10 Å². The molecule has 1 aromatic carbocycles. The van der Waals surface area contributed by atoms with Crippen LogP contribution in [-0.4, -0.2) is 43.3 Å². The summed E-state index contributed by atoms with van der Waals surface area (Å²) in [5.74, 6) is 1.40. The second-order valence-corrected chi connectivity index (χ2v) is 7.34. The lowest BCUT2D eigenvalue weighted by atomic mass is 10.1. The standard InChI is InChI=1S/C22H25N7O/c1-15-10-16(2)29(27-15)21-12-20(25-14-26-21)23-8-9-24-22(30)11-17-13-28(3)19-7-5-4-6-18(17)19/h4-7,10,12-14H,8-9,11H2,1-3H3,(H,24,30)(H,23,25,26). The smallest absolute Gasteiger partial charge is 0.224 e. The summed E-state index contributed by atoms with van der Waals surface area (Å²) in [4.78, 5) is 20.9. The van der Waals surface area contributed by atoms with Crippen molar-refractivity contribution in [3.05, 3.63) is 65.9 Å². The van der Waals surface area contributed by atoms with Crippen LogP contribution in [0.4, 0.5) is 5.82 Å². The van der Waals surface area contributed by atoms with E-state index in [-0.39, 0.29) is 5.91 Å². The van der Waals surface area contributed by atoms with Crippen molar-refractivity contribution in [2.75, 3.05) is 18.4 Å². The highest BCUT2D eigenvalue weighted by Gasteiger charge is 2.10. The highest BCUT2D eigenvalue weighted by molar-refractivity contribution is 5.89. The highest BCUT2D eigenvalue weighted by atomic mass is 16.1. The van der Waals surface area contributed by atoms with Crippen LogP contribution in [0.3, 0.4) is 0 Å². The number of fused-ring (bicyclic) bond motifs is 1. The first kappa shape index (κ1) is 19.6. The van der Waals surface area contributed by atoms with E-state index in [0.29, 0.717) is 31.1 Å². The Kier molecular flexibility index (Phi) is 5.47. The number of nitrogens with one attached hydrogen (secondary N) is 2. The third kappa shape index (κ3) is 4.17. The summed E-state index contributed by atoms with van der Waals surface area (Å²) in [6.45, 7) is 5.00. The Morgan fingerprint density at radius 3 is 2.73 bits per heavy atom. The van der Waals surface area contributed by atoms with Gasteiger partial charge in [-0.25, -0.2) is 14.6 Å². The van der Waals surface area contributed by atoms with Crippen molar-refractivity contribution in [2.45, 2.75) is 20.3 Å². The number of hydrogen-bond donors (Lipinski definition) is 2. The van der Waals surface area contributed by atoms with Gasteiger partial charge in [-0.3, -0.25) is 4.79 Å². The number of rotatable bonds is 7. The minimum absolute atomic E-state index is 0.000768. The fraction of sp³-hybridized carbons (Fsp3) is 0.273. The van der Waals surface area contributed by atoms with Gasteiger partial charge in [0, 0.05) is 49.0 Å². The largest absolute Gasteiger partial charge is 0.368 e. The van der Waals surface area contributed by atoms with E-state index in [1.807, 2.05) is 51.4 Å². The summed E-state index contributed by atoms with van der Waals surface area (Å²) >= 11 is 0. The van der Waals surface area contributed by atoms with Crippen molar-refractivity contribution in [1.82, 2.24) is 29.6 Å². The Hall–Kier alpha value is -3.68. The maximum Gasteiger partial charge on any atom is 0.224 e. The van der Waals surface area contributed by atoms with Crippen LogP contribution >= 0.6 is 0 Å². The van der Waals surface area contributed by atoms with Crippen molar-refractivity contribution in [1.29, 1.82) is 0 Å². The Bertz CT molecular complexity index is 1190. The number of carbonyl (C=O) groups is 1. The monoisotopic (exact) mass is 403 g/mol. The minimum Gasteiger partial charge on any atom is -0.368 e. The van der Waals surface area contributed by atoms with E-state index >= 15 is 0 Å². The third-order valence-electron chi connectivity index (χ3n) is 4.96. The van der Waals surface area contributed by atoms with Crippen molar-refractivity contribution < 1.29 is 4.79 Å². The number of amides is 1. The number of carbonyl (C=O) groups excluding carboxylic acids is 1. The quantitative estimate of drug-likeness (QED) is 0.463. The Labute approximate surface area is 175 Å². The predicted molar refractivity (Wildman–Crippen MR) is 117 cm³/mol. The van der Waals surface area contributed by atoms with E-state index in [4.69, 9.17) is 0 Å². The van der Waals surface area contributed by atoms with Crippen LogP contribution in [-0.2, 0) is 18.3 Å². The predicted octanol–water partition coefficient (Wildman–Crippen LogP) is 2.54. The van der Waals surface area contributed by atoms with E-state index in [2.05, 4.69) is 42.4 Å². The van der Waals surface area contributed by atoms with Crippen LogP contribution in [0, 0.1) is 13.8 Å². The van der Waals surface area contributed by atoms with E-state index in [1.165, 1.54) is 6.33 Å². The average molecular weight is 403 g/mol. The van der Waals surface area contributed by atoms with Crippen LogP contribution in [0.25, 0.3) is 16.7 Å². The van der Waals surface area contributed by atoms with Gasteiger partial charge < -0.3 is 15.2 Å². The molecule has 0 radical (unpaired) electrons. The molecule has 1 amide bonds. The number of para-hydroxylation sites is 1. The molecule has 3 heterocycles. The van der Waals surface area contributed by atoms with Crippen LogP contribution in [0.15, 0.2) is 48.9 Å². The van der Waals surface area contributed by atoms with Crippen LogP contribution < -0.4 is 10.6 Å². The first-order chi connectivity index (χ1) is 14.5. The zero-order valence-electron chi connectivity index (χ0n) is 17.4. The van der Waals surface area contributed by atoms with Gasteiger partial charge in [0.25, 0.3) is 0 Å². The van der Waals surface area contributed by atoms with Gasteiger partial charge in [0.1, 0.15) is 12.1 Å². The van der Waals surface area contributed by atoms with Gasteiger partial charge in [-0.1, -0.05) is 18.2 Å². The molecule has 0 saturated heterocycles. The third-order valence-corrected chi connectivity index (χ3v) is 4.96. The van der Waals surface area contributed by atoms with Crippen molar-refractivity contribution in [3.8, 4) is 5.82 Å². The second-order valence-electron chi connectivity index (χ2n) is 7.34. The molecule has 0 bridgehead atoms. The summed E-state index contributed by atoms with van der Waals surface area (Å²) in [5, 5.41) is 11.7. The molecule has 0 spiro atoms.